The van der Waals surface area contributed by atoms with Crippen molar-refractivity contribution >= 4 is 10.0 Å². The number of nitrogens with zero attached hydrogens (tertiary/aromatic N) is 1. The van der Waals surface area contributed by atoms with Crippen LogP contribution in [0.1, 0.15) is 24.8 Å². The van der Waals surface area contributed by atoms with E-state index in [1.54, 1.807) is 19.9 Å². The van der Waals surface area contributed by atoms with Crippen LogP contribution in [0.3, 0.4) is 0 Å². The second-order valence-electron chi connectivity index (χ2n) is 3.27. The molecule has 6 heteroatoms. The van der Waals surface area contributed by atoms with E-state index in [0.29, 0.717) is 5.69 Å². The van der Waals surface area contributed by atoms with Gasteiger partial charge in [-0.05, 0) is 12.0 Å². The van der Waals surface area contributed by atoms with Crippen LogP contribution in [-0.4, -0.2) is 18.6 Å². The summed E-state index contributed by atoms with van der Waals surface area (Å²) in [5, 5.41) is 10.7. The standard InChI is InChI=1S/C7H13N3O2S/c1-5(2)7(13(8,11)12)6-3-4-9-10-6/h3-5,7H,1-2H3,(H,9,10)(H2,8,11,12). The van der Waals surface area contributed by atoms with Crippen molar-refractivity contribution < 1.29 is 8.42 Å². The van der Waals surface area contributed by atoms with Gasteiger partial charge in [-0.3, -0.25) is 5.10 Å². The van der Waals surface area contributed by atoms with Crippen LogP contribution in [0.25, 0.3) is 0 Å². The van der Waals surface area contributed by atoms with E-state index in [4.69, 9.17) is 5.14 Å². The highest BCUT2D eigenvalue weighted by Gasteiger charge is 2.27. The summed E-state index contributed by atoms with van der Waals surface area (Å²) < 4.78 is 22.4. The van der Waals surface area contributed by atoms with Gasteiger partial charge in [-0.25, -0.2) is 13.6 Å². The number of nitrogens with two attached hydrogens (primary N) is 1. The Morgan fingerprint density at radius 2 is 2.15 bits per heavy atom. The molecule has 13 heavy (non-hydrogen) atoms. The number of hydrogen-bond donors (Lipinski definition) is 2. The first-order chi connectivity index (χ1) is 5.93. The lowest BCUT2D eigenvalue weighted by Gasteiger charge is -2.16. The van der Waals surface area contributed by atoms with E-state index in [9.17, 15) is 8.42 Å². The number of aromatic nitrogens is 2. The molecule has 0 aliphatic heterocycles. The molecule has 74 valence electrons. The van der Waals surface area contributed by atoms with E-state index >= 15 is 0 Å². The molecule has 0 aliphatic carbocycles. The molecule has 3 N–H and O–H groups in total. The lowest BCUT2D eigenvalue weighted by molar-refractivity contribution is 0.536. The summed E-state index contributed by atoms with van der Waals surface area (Å²) in [6, 6.07) is 1.62. The Hall–Kier alpha value is -0.880. The molecule has 0 aliphatic rings. The van der Waals surface area contributed by atoms with Crippen LogP contribution in [0.15, 0.2) is 12.3 Å². The first-order valence-electron chi connectivity index (χ1n) is 3.94. The number of primary sulfonamides is 1. The lowest BCUT2D eigenvalue weighted by Crippen LogP contribution is -2.25. The maximum absolute atomic E-state index is 11.2. The highest BCUT2D eigenvalue weighted by Crippen LogP contribution is 2.25. The minimum Gasteiger partial charge on any atom is -0.281 e. The normalized spacial score (nSPS) is 14.8. The SMILES string of the molecule is CC(C)C(c1ccn[nH]1)S(N)(=O)=O. The molecule has 1 atom stereocenters. The third-order valence-electron chi connectivity index (χ3n) is 1.79. The third kappa shape index (κ3) is 2.28. The Labute approximate surface area is 77.4 Å². The summed E-state index contributed by atoms with van der Waals surface area (Å²) >= 11 is 0. The van der Waals surface area contributed by atoms with Crippen molar-refractivity contribution in [2.75, 3.05) is 0 Å². The molecule has 1 aromatic heterocycles. The fourth-order valence-electron chi connectivity index (χ4n) is 1.34. The van der Waals surface area contributed by atoms with E-state index in [0.717, 1.165) is 0 Å². The summed E-state index contributed by atoms with van der Waals surface area (Å²) in [4.78, 5) is 0. The van der Waals surface area contributed by atoms with Gasteiger partial charge in [0.1, 0.15) is 5.25 Å². The van der Waals surface area contributed by atoms with E-state index in [1.807, 2.05) is 0 Å². The molecule has 0 saturated heterocycles. The second kappa shape index (κ2) is 3.47. The number of hydrogen-bond acceptors (Lipinski definition) is 3. The van der Waals surface area contributed by atoms with E-state index in [1.165, 1.54) is 6.20 Å². The van der Waals surface area contributed by atoms with Crippen LogP contribution in [0, 0.1) is 5.92 Å². The van der Waals surface area contributed by atoms with Crippen molar-refractivity contribution in [3.8, 4) is 0 Å². The maximum atomic E-state index is 11.2. The topological polar surface area (TPSA) is 88.8 Å². The van der Waals surface area contributed by atoms with Gasteiger partial charge in [0.2, 0.25) is 10.0 Å². The van der Waals surface area contributed by atoms with Crippen LogP contribution in [0.5, 0.6) is 0 Å². The molecule has 5 nitrogen and oxygen atoms in total. The van der Waals surface area contributed by atoms with Crippen molar-refractivity contribution in [1.29, 1.82) is 0 Å². The molecule has 1 rings (SSSR count). The van der Waals surface area contributed by atoms with Crippen molar-refractivity contribution in [2.45, 2.75) is 19.1 Å². The van der Waals surface area contributed by atoms with Gasteiger partial charge in [0.15, 0.2) is 0 Å². The number of H-pyrrole nitrogens is 1. The van der Waals surface area contributed by atoms with Gasteiger partial charge < -0.3 is 0 Å². The average Bonchev–Trinajstić information content (AvgIpc) is 2.34. The molecule has 0 radical (unpaired) electrons. The molecule has 1 unspecified atom stereocenters. The number of sulfonamides is 1. The third-order valence-corrected chi connectivity index (χ3v) is 3.29. The summed E-state index contributed by atoms with van der Waals surface area (Å²) in [7, 11) is -3.56. The van der Waals surface area contributed by atoms with Crippen molar-refractivity contribution in [1.82, 2.24) is 10.2 Å². The largest absolute Gasteiger partial charge is 0.281 e. The van der Waals surface area contributed by atoms with Gasteiger partial charge in [-0.2, -0.15) is 5.10 Å². The Kier molecular flexibility index (Phi) is 2.72. The second-order valence-corrected chi connectivity index (χ2v) is 4.95. The van der Waals surface area contributed by atoms with Crippen molar-refractivity contribution in [3.05, 3.63) is 18.0 Å². The van der Waals surface area contributed by atoms with Gasteiger partial charge >= 0.3 is 0 Å². The van der Waals surface area contributed by atoms with Crippen LogP contribution >= 0.6 is 0 Å². The monoisotopic (exact) mass is 203 g/mol. The average molecular weight is 203 g/mol. The predicted octanol–water partition coefficient (Wildman–Crippen LogP) is 0.395. The first-order valence-corrected chi connectivity index (χ1v) is 5.54. The molecule has 0 saturated carbocycles. The zero-order valence-corrected chi connectivity index (χ0v) is 8.38. The molecule has 0 amide bonds. The molecule has 1 aromatic rings. The minimum absolute atomic E-state index is 0.0737. The highest BCUT2D eigenvalue weighted by molar-refractivity contribution is 7.89. The van der Waals surface area contributed by atoms with E-state index < -0.39 is 15.3 Å². The molecule has 0 aromatic carbocycles. The fourth-order valence-corrected chi connectivity index (χ4v) is 2.58. The zero-order chi connectivity index (χ0) is 10.1. The van der Waals surface area contributed by atoms with Crippen LogP contribution in [0.2, 0.25) is 0 Å². The Balaban J connectivity index is 3.09. The van der Waals surface area contributed by atoms with Crippen molar-refractivity contribution in [3.63, 3.8) is 0 Å². The summed E-state index contributed by atoms with van der Waals surface area (Å²) in [5.74, 6) is -0.0737. The van der Waals surface area contributed by atoms with E-state index in [-0.39, 0.29) is 5.92 Å². The number of nitrogens with one attached hydrogen (secondary N) is 1. The van der Waals surface area contributed by atoms with Gasteiger partial charge in [0.25, 0.3) is 0 Å². The smallest absolute Gasteiger partial charge is 0.217 e. The fraction of sp³-hybridized carbons (Fsp3) is 0.571. The maximum Gasteiger partial charge on any atom is 0.217 e. The molecule has 0 spiro atoms. The quantitative estimate of drug-likeness (QED) is 0.745. The Bertz CT molecular complexity index is 355. The van der Waals surface area contributed by atoms with Crippen molar-refractivity contribution in [2.24, 2.45) is 11.1 Å². The van der Waals surface area contributed by atoms with Crippen LogP contribution in [-0.2, 0) is 10.0 Å². The number of rotatable bonds is 3. The van der Waals surface area contributed by atoms with Gasteiger partial charge in [0.05, 0.1) is 5.69 Å². The zero-order valence-electron chi connectivity index (χ0n) is 7.56. The molecular weight excluding hydrogens is 190 g/mol. The molecule has 0 bridgehead atoms. The van der Waals surface area contributed by atoms with Gasteiger partial charge in [-0.1, -0.05) is 13.8 Å². The van der Waals surface area contributed by atoms with Gasteiger partial charge in [0, 0.05) is 6.20 Å². The predicted molar refractivity (Wildman–Crippen MR) is 49.3 cm³/mol. The summed E-state index contributed by atoms with van der Waals surface area (Å²) in [6.07, 6.45) is 1.51. The first kappa shape index (κ1) is 10.2. The van der Waals surface area contributed by atoms with E-state index in [2.05, 4.69) is 10.2 Å². The Morgan fingerprint density at radius 1 is 1.54 bits per heavy atom. The number of aromatic amines is 1. The Morgan fingerprint density at radius 3 is 2.46 bits per heavy atom. The lowest BCUT2D eigenvalue weighted by atomic mass is 10.1. The molecule has 1 heterocycles. The van der Waals surface area contributed by atoms with Crippen LogP contribution < -0.4 is 5.14 Å². The van der Waals surface area contributed by atoms with Gasteiger partial charge in [-0.15, -0.1) is 0 Å². The summed E-state index contributed by atoms with van der Waals surface area (Å²) in [5.41, 5.74) is 0.539. The minimum atomic E-state index is -3.56. The molecular formula is C7H13N3O2S. The highest BCUT2D eigenvalue weighted by atomic mass is 32.2. The summed E-state index contributed by atoms with van der Waals surface area (Å²) in [6.45, 7) is 3.60. The molecule has 0 fully saturated rings. The van der Waals surface area contributed by atoms with Crippen LogP contribution in [0.4, 0.5) is 0 Å².